The van der Waals surface area contributed by atoms with E-state index in [1.807, 2.05) is 6.92 Å². The topological polar surface area (TPSA) is 38.8 Å². The van der Waals surface area contributed by atoms with Gasteiger partial charge in [-0.05, 0) is 19.9 Å². The molecule has 0 spiro atoms. The van der Waals surface area contributed by atoms with Crippen molar-refractivity contribution in [1.29, 1.82) is 0 Å². The highest BCUT2D eigenvalue weighted by Gasteiger charge is 2.27. The average Bonchev–Trinajstić information content (AvgIpc) is 2.48. The molecule has 0 aliphatic rings. The van der Waals surface area contributed by atoms with Gasteiger partial charge in [0.05, 0.1) is 6.04 Å². The zero-order chi connectivity index (χ0) is 16.0. The summed E-state index contributed by atoms with van der Waals surface area (Å²) in [4.78, 5) is 13.5. The number of methoxy groups -OCH3 is 2. The van der Waals surface area contributed by atoms with Gasteiger partial charge in [-0.2, -0.15) is 0 Å². The van der Waals surface area contributed by atoms with Gasteiger partial charge in [0, 0.05) is 26.3 Å². The van der Waals surface area contributed by atoms with Gasteiger partial charge in [-0.3, -0.25) is 4.79 Å². The molecule has 0 N–H and O–H groups in total. The summed E-state index contributed by atoms with van der Waals surface area (Å²) in [6.45, 7) is 3.76. The number of hydrogen-bond acceptors (Lipinski definition) is 3. The fraction of sp³-hybridized carbons (Fsp3) is 0.533. The minimum atomic E-state index is -0.606. The highest BCUT2D eigenvalue weighted by molar-refractivity contribution is 6.27. The van der Waals surface area contributed by atoms with Crippen LogP contribution in [0, 0.1) is 12.7 Å². The smallest absolute Gasteiger partial charge is 0.238 e. The van der Waals surface area contributed by atoms with Gasteiger partial charge in [-0.25, -0.2) is 4.39 Å². The van der Waals surface area contributed by atoms with Crippen molar-refractivity contribution in [1.82, 2.24) is 4.90 Å². The van der Waals surface area contributed by atoms with Crippen molar-refractivity contribution in [3.05, 3.63) is 35.1 Å². The maximum Gasteiger partial charge on any atom is 0.238 e. The number of carbonyl (C=O) groups is 1. The molecule has 0 radical (unpaired) electrons. The summed E-state index contributed by atoms with van der Waals surface area (Å²) in [5, 5.41) is 0. The lowest BCUT2D eigenvalue weighted by atomic mass is 10.1. The average molecular weight is 318 g/mol. The molecule has 0 aliphatic heterocycles. The van der Waals surface area contributed by atoms with Crippen LogP contribution in [0.25, 0.3) is 0 Å². The van der Waals surface area contributed by atoms with Gasteiger partial charge in [0.25, 0.3) is 0 Å². The molecule has 0 bridgehead atoms. The van der Waals surface area contributed by atoms with Gasteiger partial charge in [-0.1, -0.05) is 17.7 Å². The Balaban J connectivity index is 3.03. The van der Waals surface area contributed by atoms with Crippen LogP contribution in [0.15, 0.2) is 18.2 Å². The fourth-order valence-electron chi connectivity index (χ4n) is 2.18. The third-order valence-corrected chi connectivity index (χ3v) is 3.56. The standard InChI is InChI=1S/C15H21ClFNO3/c1-10-5-6-13(17)12(7-10)9-18(14(19)8-16)11(2)15(20-3)21-4/h5-7,11,15H,8-9H2,1-4H3. The van der Waals surface area contributed by atoms with Crippen molar-refractivity contribution in [2.45, 2.75) is 32.7 Å². The quantitative estimate of drug-likeness (QED) is 0.573. The van der Waals surface area contributed by atoms with E-state index in [-0.39, 0.29) is 24.1 Å². The van der Waals surface area contributed by atoms with Gasteiger partial charge < -0.3 is 14.4 Å². The van der Waals surface area contributed by atoms with Gasteiger partial charge in [0.1, 0.15) is 11.7 Å². The summed E-state index contributed by atoms with van der Waals surface area (Å²) in [5.74, 6) is -0.839. The van der Waals surface area contributed by atoms with Gasteiger partial charge >= 0.3 is 0 Å². The maximum absolute atomic E-state index is 13.9. The van der Waals surface area contributed by atoms with E-state index in [1.54, 1.807) is 19.1 Å². The summed E-state index contributed by atoms with van der Waals surface area (Å²) in [7, 11) is 2.97. The third-order valence-electron chi connectivity index (χ3n) is 3.33. The lowest BCUT2D eigenvalue weighted by Crippen LogP contribution is -2.46. The first-order valence-corrected chi connectivity index (χ1v) is 7.14. The van der Waals surface area contributed by atoms with E-state index in [9.17, 15) is 9.18 Å². The first-order chi connectivity index (χ1) is 9.94. The number of benzene rings is 1. The minimum Gasteiger partial charge on any atom is -0.354 e. The van der Waals surface area contributed by atoms with Crippen LogP contribution in [0.1, 0.15) is 18.1 Å². The molecule has 1 amide bonds. The molecule has 1 rings (SSSR count). The molecule has 1 aromatic rings. The first kappa shape index (κ1) is 17.9. The number of nitrogens with zero attached hydrogens (tertiary/aromatic N) is 1. The normalized spacial score (nSPS) is 12.5. The number of amides is 1. The predicted octanol–water partition coefficient (Wildman–Crippen LogP) is 2.71. The van der Waals surface area contributed by atoms with Crippen molar-refractivity contribution in [2.24, 2.45) is 0 Å². The van der Waals surface area contributed by atoms with Crippen LogP contribution >= 0.6 is 11.6 Å². The maximum atomic E-state index is 13.9. The Morgan fingerprint density at radius 1 is 1.38 bits per heavy atom. The zero-order valence-corrected chi connectivity index (χ0v) is 13.5. The van der Waals surface area contributed by atoms with E-state index >= 15 is 0 Å². The summed E-state index contributed by atoms with van der Waals surface area (Å²) in [6, 6.07) is 4.39. The number of alkyl halides is 1. The Hall–Kier alpha value is -1.17. The highest BCUT2D eigenvalue weighted by Crippen LogP contribution is 2.17. The molecule has 0 fully saturated rings. The van der Waals surface area contributed by atoms with Crippen molar-refractivity contribution in [2.75, 3.05) is 20.1 Å². The largest absolute Gasteiger partial charge is 0.354 e. The van der Waals surface area contributed by atoms with Crippen LogP contribution in [0.4, 0.5) is 4.39 Å². The molecule has 0 aliphatic carbocycles. The van der Waals surface area contributed by atoms with Crippen LogP contribution in [-0.4, -0.2) is 43.2 Å². The van der Waals surface area contributed by atoms with Crippen molar-refractivity contribution >= 4 is 17.5 Å². The van der Waals surface area contributed by atoms with Gasteiger partial charge in [0.2, 0.25) is 5.91 Å². The van der Waals surface area contributed by atoms with Crippen LogP contribution in [0.5, 0.6) is 0 Å². The van der Waals surface area contributed by atoms with E-state index in [1.165, 1.54) is 25.2 Å². The molecule has 0 saturated carbocycles. The van der Waals surface area contributed by atoms with Crippen molar-refractivity contribution < 1.29 is 18.7 Å². The molecule has 1 aromatic carbocycles. The Bertz CT molecular complexity index is 480. The number of ether oxygens (including phenoxy) is 2. The SMILES string of the molecule is COC(OC)C(C)N(Cc1cc(C)ccc1F)C(=O)CCl. The lowest BCUT2D eigenvalue weighted by Gasteiger charge is -2.33. The Labute approximate surface area is 129 Å². The number of hydrogen-bond donors (Lipinski definition) is 0. The fourth-order valence-corrected chi connectivity index (χ4v) is 2.33. The molecule has 6 heteroatoms. The molecule has 0 heterocycles. The van der Waals surface area contributed by atoms with Crippen LogP contribution in [0.2, 0.25) is 0 Å². The monoisotopic (exact) mass is 317 g/mol. The molecule has 1 unspecified atom stereocenters. The van der Waals surface area contributed by atoms with Gasteiger partial charge in [-0.15, -0.1) is 11.6 Å². The highest BCUT2D eigenvalue weighted by atomic mass is 35.5. The molecule has 1 atom stereocenters. The van der Waals surface area contributed by atoms with E-state index < -0.39 is 12.3 Å². The Kier molecular flexibility index (Phi) is 7.08. The summed E-state index contributed by atoms with van der Waals surface area (Å²) in [5.41, 5.74) is 1.36. The predicted molar refractivity (Wildman–Crippen MR) is 79.7 cm³/mol. The zero-order valence-electron chi connectivity index (χ0n) is 12.7. The minimum absolute atomic E-state index is 0.115. The Morgan fingerprint density at radius 3 is 2.52 bits per heavy atom. The van der Waals surface area contributed by atoms with Gasteiger partial charge in [0.15, 0.2) is 6.29 Å². The molecular formula is C15H21ClFNO3. The summed E-state index contributed by atoms with van der Waals surface area (Å²) >= 11 is 5.65. The first-order valence-electron chi connectivity index (χ1n) is 6.60. The van der Waals surface area contributed by atoms with E-state index in [2.05, 4.69) is 0 Å². The number of aryl methyl sites for hydroxylation is 1. The molecule has 0 saturated heterocycles. The van der Waals surface area contributed by atoms with Crippen LogP contribution in [-0.2, 0) is 20.8 Å². The molecule has 21 heavy (non-hydrogen) atoms. The molecular weight excluding hydrogens is 297 g/mol. The van der Waals surface area contributed by atoms with Crippen molar-refractivity contribution in [3.63, 3.8) is 0 Å². The number of rotatable bonds is 7. The van der Waals surface area contributed by atoms with E-state index in [0.717, 1.165) is 5.56 Å². The molecule has 0 aromatic heterocycles. The molecule has 118 valence electrons. The van der Waals surface area contributed by atoms with E-state index in [0.29, 0.717) is 5.56 Å². The molecule has 4 nitrogen and oxygen atoms in total. The number of halogens is 2. The second kappa shape index (κ2) is 8.32. The lowest BCUT2D eigenvalue weighted by molar-refractivity contribution is -0.159. The van der Waals surface area contributed by atoms with E-state index in [4.69, 9.17) is 21.1 Å². The second-order valence-electron chi connectivity index (χ2n) is 4.83. The summed E-state index contributed by atoms with van der Waals surface area (Å²) < 4.78 is 24.2. The Morgan fingerprint density at radius 2 is 2.00 bits per heavy atom. The van der Waals surface area contributed by atoms with Crippen LogP contribution < -0.4 is 0 Å². The van der Waals surface area contributed by atoms with Crippen molar-refractivity contribution in [3.8, 4) is 0 Å². The third kappa shape index (κ3) is 4.66. The second-order valence-corrected chi connectivity index (χ2v) is 5.10. The van der Waals surface area contributed by atoms with Crippen LogP contribution in [0.3, 0.4) is 0 Å². The summed E-state index contributed by atoms with van der Waals surface area (Å²) in [6.07, 6.45) is -0.606. The number of carbonyl (C=O) groups excluding carboxylic acids is 1.